The van der Waals surface area contributed by atoms with Gasteiger partial charge in [0.05, 0.1) is 12.2 Å². The van der Waals surface area contributed by atoms with Crippen LogP contribution in [-0.2, 0) is 11.3 Å². The van der Waals surface area contributed by atoms with E-state index in [0.29, 0.717) is 13.0 Å². The number of hydrogen-bond donors (Lipinski definition) is 2. The normalized spacial score (nSPS) is 10.2. The third-order valence-electron chi connectivity index (χ3n) is 3.22. The van der Waals surface area contributed by atoms with Crippen molar-refractivity contribution in [2.45, 2.75) is 33.7 Å². The molecule has 0 spiro atoms. The average Bonchev–Trinajstić information content (AvgIpc) is 2.48. The minimum Gasteiger partial charge on any atom is -0.379 e. The van der Waals surface area contributed by atoms with Crippen molar-refractivity contribution < 1.29 is 4.79 Å². The first-order chi connectivity index (χ1) is 10.1. The third kappa shape index (κ3) is 4.02. The molecule has 1 amide bonds. The molecule has 5 nitrogen and oxygen atoms in total. The van der Waals surface area contributed by atoms with Crippen LogP contribution in [0.25, 0.3) is 0 Å². The molecule has 0 bridgehead atoms. The Morgan fingerprint density at radius 3 is 2.67 bits per heavy atom. The first-order valence-corrected chi connectivity index (χ1v) is 7.02. The van der Waals surface area contributed by atoms with Crippen LogP contribution in [0.5, 0.6) is 0 Å². The van der Waals surface area contributed by atoms with Gasteiger partial charge in [-0.1, -0.05) is 13.0 Å². The number of rotatable bonds is 5. The number of nitrogens with one attached hydrogen (secondary N) is 2. The molecule has 21 heavy (non-hydrogen) atoms. The van der Waals surface area contributed by atoms with Gasteiger partial charge in [-0.05, 0) is 37.6 Å². The summed E-state index contributed by atoms with van der Waals surface area (Å²) in [6, 6.07) is 7.71. The lowest BCUT2D eigenvalue weighted by molar-refractivity contribution is -0.115. The highest BCUT2D eigenvalue weighted by molar-refractivity contribution is 5.92. The highest BCUT2D eigenvalue weighted by Crippen LogP contribution is 2.23. The summed E-state index contributed by atoms with van der Waals surface area (Å²) in [4.78, 5) is 20.0. The molecule has 0 saturated carbocycles. The van der Waals surface area contributed by atoms with Gasteiger partial charge in [-0.25, -0.2) is 9.97 Å². The van der Waals surface area contributed by atoms with Crippen molar-refractivity contribution in [2.24, 2.45) is 0 Å². The Morgan fingerprint density at radius 1 is 1.19 bits per heavy atom. The molecule has 110 valence electrons. The molecule has 2 aromatic rings. The van der Waals surface area contributed by atoms with Crippen molar-refractivity contribution in [2.75, 3.05) is 10.6 Å². The first kappa shape index (κ1) is 15.0. The van der Waals surface area contributed by atoms with E-state index in [9.17, 15) is 4.79 Å². The molecule has 0 radical (unpaired) electrons. The number of carbonyl (C=O) groups is 1. The fourth-order valence-corrected chi connectivity index (χ4v) is 1.99. The summed E-state index contributed by atoms with van der Waals surface area (Å²) in [5, 5.41) is 6.25. The number of aromatic nitrogens is 2. The Balaban J connectivity index is 2.10. The van der Waals surface area contributed by atoms with Crippen LogP contribution in [0.1, 0.15) is 30.4 Å². The van der Waals surface area contributed by atoms with Crippen LogP contribution in [0.3, 0.4) is 0 Å². The Morgan fingerprint density at radius 2 is 1.95 bits per heavy atom. The summed E-state index contributed by atoms with van der Waals surface area (Å²) in [5.41, 5.74) is 3.78. The molecule has 1 aromatic heterocycles. The summed E-state index contributed by atoms with van der Waals surface area (Å²) in [6.07, 6.45) is 2.22. The second kappa shape index (κ2) is 6.83. The quantitative estimate of drug-likeness (QED) is 0.885. The van der Waals surface area contributed by atoms with Crippen LogP contribution < -0.4 is 10.6 Å². The van der Waals surface area contributed by atoms with Gasteiger partial charge in [-0.2, -0.15) is 0 Å². The number of carbonyl (C=O) groups excluding carboxylic acids is 1. The number of nitrogens with zero attached hydrogens (tertiary/aromatic N) is 2. The van der Waals surface area contributed by atoms with Crippen molar-refractivity contribution >= 4 is 17.3 Å². The predicted molar refractivity (Wildman–Crippen MR) is 84.2 cm³/mol. The van der Waals surface area contributed by atoms with Gasteiger partial charge in [0.1, 0.15) is 5.82 Å². The van der Waals surface area contributed by atoms with Gasteiger partial charge in [-0.15, -0.1) is 0 Å². The van der Waals surface area contributed by atoms with E-state index in [2.05, 4.69) is 20.6 Å². The van der Waals surface area contributed by atoms with Crippen LogP contribution in [0.2, 0.25) is 0 Å². The molecule has 0 aliphatic rings. The smallest absolute Gasteiger partial charge is 0.224 e. The van der Waals surface area contributed by atoms with Gasteiger partial charge >= 0.3 is 0 Å². The summed E-state index contributed by atoms with van der Waals surface area (Å²) in [6.45, 7) is 6.31. The molecule has 1 heterocycles. The highest BCUT2D eigenvalue weighted by atomic mass is 16.1. The van der Waals surface area contributed by atoms with Crippen LogP contribution in [-0.4, -0.2) is 15.9 Å². The second-order valence-electron chi connectivity index (χ2n) is 4.83. The fraction of sp³-hybridized carbons (Fsp3) is 0.312. The molecular weight excluding hydrogens is 264 g/mol. The average molecular weight is 284 g/mol. The van der Waals surface area contributed by atoms with E-state index < -0.39 is 0 Å². The zero-order valence-electron chi connectivity index (χ0n) is 12.6. The lowest BCUT2D eigenvalue weighted by Gasteiger charge is -2.13. The van der Waals surface area contributed by atoms with Gasteiger partial charge in [0, 0.05) is 24.0 Å². The molecule has 0 fully saturated rings. The van der Waals surface area contributed by atoms with E-state index in [1.54, 1.807) is 6.20 Å². The Kier molecular flexibility index (Phi) is 4.87. The minimum atomic E-state index is 0.0154. The topological polar surface area (TPSA) is 66.9 Å². The van der Waals surface area contributed by atoms with E-state index in [1.807, 2.05) is 45.0 Å². The van der Waals surface area contributed by atoms with E-state index in [-0.39, 0.29) is 5.91 Å². The van der Waals surface area contributed by atoms with Crippen LogP contribution in [0, 0.1) is 13.8 Å². The fourth-order valence-electron chi connectivity index (χ4n) is 1.99. The SMILES string of the molecule is CCC(=O)Nc1cccc(NCc2ccnc(C)n2)c1C. The Labute approximate surface area is 124 Å². The summed E-state index contributed by atoms with van der Waals surface area (Å²) < 4.78 is 0. The largest absolute Gasteiger partial charge is 0.379 e. The van der Waals surface area contributed by atoms with E-state index in [1.165, 1.54) is 0 Å². The molecule has 0 aliphatic carbocycles. The molecule has 0 unspecified atom stereocenters. The summed E-state index contributed by atoms with van der Waals surface area (Å²) >= 11 is 0. The maximum Gasteiger partial charge on any atom is 0.224 e. The van der Waals surface area contributed by atoms with Gasteiger partial charge < -0.3 is 10.6 Å². The first-order valence-electron chi connectivity index (χ1n) is 7.02. The maximum atomic E-state index is 11.5. The van der Waals surface area contributed by atoms with Gasteiger partial charge in [0.15, 0.2) is 0 Å². The van der Waals surface area contributed by atoms with Gasteiger partial charge in [0.25, 0.3) is 0 Å². The van der Waals surface area contributed by atoms with Gasteiger partial charge in [0.2, 0.25) is 5.91 Å². The molecule has 0 saturated heterocycles. The van der Waals surface area contributed by atoms with Crippen LogP contribution in [0.15, 0.2) is 30.5 Å². The minimum absolute atomic E-state index is 0.0154. The van der Waals surface area contributed by atoms with E-state index >= 15 is 0 Å². The number of amides is 1. The zero-order valence-corrected chi connectivity index (χ0v) is 12.6. The predicted octanol–water partition coefficient (Wildman–Crippen LogP) is 3.05. The standard InChI is InChI=1S/C16H20N4O/c1-4-16(21)20-15-7-5-6-14(11(15)2)18-10-13-8-9-17-12(3)19-13/h5-9,18H,4,10H2,1-3H3,(H,20,21). The molecule has 0 aliphatic heterocycles. The molecule has 1 aromatic carbocycles. The number of benzene rings is 1. The maximum absolute atomic E-state index is 11.5. The lowest BCUT2D eigenvalue weighted by Crippen LogP contribution is -2.11. The molecule has 2 N–H and O–H groups in total. The molecule has 2 rings (SSSR count). The van der Waals surface area contributed by atoms with Crippen molar-refractivity contribution in [1.82, 2.24) is 9.97 Å². The zero-order chi connectivity index (χ0) is 15.2. The number of anilines is 2. The van der Waals surface area contributed by atoms with Gasteiger partial charge in [-0.3, -0.25) is 4.79 Å². The number of aryl methyl sites for hydroxylation is 1. The molecule has 5 heteroatoms. The second-order valence-corrected chi connectivity index (χ2v) is 4.83. The number of hydrogen-bond acceptors (Lipinski definition) is 4. The van der Waals surface area contributed by atoms with Crippen molar-refractivity contribution in [3.63, 3.8) is 0 Å². The molecular formula is C16H20N4O. The summed E-state index contributed by atoms with van der Waals surface area (Å²) in [7, 11) is 0. The Bertz CT molecular complexity index is 640. The highest BCUT2D eigenvalue weighted by Gasteiger charge is 2.06. The van der Waals surface area contributed by atoms with E-state index in [0.717, 1.165) is 28.5 Å². The van der Waals surface area contributed by atoms with E-state index in [4.69, 9.17) is 0 Å². The van der Waals surface area contributed by atoms with Crippen LogP contribution >= 0.6 is 0 Å². The molecule has 0 atom stereocenters. The van der Waals surface area contributed by atoms with Crippen molar-refractivity contribution in [3.05, 3.63) is 47.5 Å². The van der Waals surface area contributed by atoms with Crippen molar-refractivity contribution in [3.8, 4) is 0 Å². The monoisotopic (exact) mass is 284 g/mol. The van der Waals surface area contributed by atoms with Crippen molar-refractivity contribution in [1.29, 1.82) is 0 Å². The summed E-state index contributed by atoms with van der Waals surface area (Å²) in [5.74, 6) is 0.775. The Hall–Kier alpha value is -2.43. The van der Waals surface area contributed by atoms with Crippen LogP contribution in [0.4, 0.5) is 11.4 Å². The lowest BCUT2D eigenvalue weighted by atomic mass is 10.1. The third-order valence-corrected chi connectivity index (χ3v) is 3.22.